The van der Waals surface area contributed by atoms with Gasteiger partial charge < -0.3 is 14.2 Å². The number of ether oxygens (including phenoxy) is 3. The van der Waals surface area contributed by atoms with Gasteiger partial charge >= 0.3 is 17.9 Å². The predicted octanol–water partition coefficient (Wildman–Crippen LogP) is 26.3. The highest BCUT2D eigenvalue weighted by molar-refractivity contribution is 5.71. The Morgan fingerprint density at radius 3 is 0.602 bits per heavy atom. The number of carbonyl (C=O) groups excluding carboxylic acids is 3. The fraction of sp³-hybridized carbons (Fsp3) is 0.935. The standard InChI is InChI=1S/C77H148O6/c1-4-7-10-13-16-19-22-25-28-30-31-32-33-34-35-36-37-38-39-40-41-42-43-44-45-47-49-52-55-58-61-64-67-70-76(79)82-73-74(72-81-75(78)69-66-63-60-57-54-51-48-27-24-21-18-15-12-9-6-3)83-77(80)71-68-65-62-59-56-53-50-46-29-26-23-20-17-14-11-8-5-2/h30-31,74H,4-29,32-73H2,1-3H3/b31-30-. The van der Waals surface area contributed by atoms with Gasteiger partial charge in [0, 0.05) is 19.3 Å². The quantitative estimate of drug-likeness (QED) is 0.0261. The van der Waals surface area contributed by atoms with Crippen LogP contribution in [0.25, 0.3) is 0 Å². The first-order chi connectivity index (χ1) is 41.0. The van der Waals surface area contributed by atoms with Crippen LogP contribution in [0.3, 0.4) is 0 Å². The van der Waals surface area contributed by atoms with E-state index in [1.807, 2.05) is 0 Å². The molecule has 0 aromatic rings. The lowest BCUT2D eigenvalue weighted by Crippen LogP contribution is -2.30. The van der Waals surface area contributed by atoms with Crippen molar-refractivity contribution in [2.45, 2.75) is 451 Å². The Morgan fingerprint density at radius 1 is 0.229 bits per heavy atom. The van der Waals surface area contributed by atoms with Gasteiger partial charge in [-0.15, -0.1) is 0 Å². The summed E-state index contributed by atoms with van der Waals surface area (Å²) in [6.07, 6.45) is 88.4. The molecule has 1 atom stereocenters. The van der Waals surface area contributed by atoms with Crippen molar-refractivity contribution in [1.82, 2.24) is 0 Å². The van der Waals surface area contributed by atoms with E-state index in [4.69, 9.17) is 14.2 Å². The lowest BCUT2D eigenvalue weighted by atomic mass is 10.0. The highest BCUT2D eigenvalue weighted by Crippen LogP contribution is 2.20. The summed E-state index contributed by atoms with van der Waals surface area (Å²) in [6.45, 7) is 6.74. The molecular formula is C77H148O6. The van der Waals surface area contributed by atoms with Gasteiger partial charge in [-0.2, -0.15) is 0 Å². The molecule has 0 aromatic carbocycles. The number of hydrogen-bond donors (Lipinski definition) is 0. The lowest BCUT2D eigenvalue weighted by molar-refractivity contribution is -0.167. The third-order valence-electron chi connectivity index (χ3n) is 17.8. The molecule has 0 aliphatic heterocycles. The Kier molecular flexibility index (Phi) is 71.0. The van der Waals surface area contributed by atoms with Gasteiger partial charge in [-0.1, -0.05) is 392 Å². The first-order valence-electron chi connectivity index (χ1n) is 38.2. The van der Waals surface area contributed by atoms with Crippen LogP contribution in [0, 0.1) is 0 Å². The fourth-order valence-electron chi connectivity index (χ4n) is 12.0. The molecule has 0 N–H and O–H groups in total. The molecule has 6 nitrogen and oxygen atoms in total. The second-order valence-electron chi connectivity index (χ2n) is 26.3. The summed E-state index contributed by atoms with van der Waals surface area (Å²) in [6, 6.07) is 0. The minimum Gasteiger partial charge on any atom is -0.462 e. The Balaban J connectivity index is 4.10. The van der Waals surface area contributed by atoms with Crippen LogP contribution >= 0.6 is 0 Å². The highest BCUT2D eigenvalue weighted by Gasteiger charge is 2.20. The minimum absolute atomic E-state index is 0.0613. The van der Waals surface area contributed by atoms with Crippen LogP contribution in [-0.2, 0) is 28.6 Å². The molecule has 0 radical (unpaired) electrons. The Bertz CT molecular complexity index is 1300. The van der Waals surface area contributed by atoms with Crippen LogP contribution in [0.2, 0.25) is 0 Å². The Labute approximate surface area is 520 Å². The lowest BCUT2D eigenvalue weighted by Gasteiger charge is -2.18. The molecule has 0 bridgehead atoms. The van der Waals surface area contributed by atoms with Crippen LogP contribution in [0.1, 0.15) is 445 Å². The molecule has 0 heterocycles. The third-order valence-corrected chi connectivity index (χ3v) is 17.8. The maximum atomic E-state index is 13.0. The van der Waals surface area contributed by atoms with Crippen LogP contribution in [0.5, 0.6) is 0 Å². The molecule has 0 fully saturated rings. The summed E-state index contributed by atoms with van der Waals surface area (Å²) in [5.41, 5.74) is 0. The van der Waals surface area contributed by atoms with Crippen molar-refractivity contribution in [2.24, 2.45) is 0 Å². The first kappa shape index (κ1) is 81.2. The monoisotopic (exact) mass is 1170 g/mol. The van der Waals surface area contributed by atoms with E-state index in [-0.39, 0.29) is 31.1 Å². The molecule has 0 saturated carbocycles. The minimum atomic E-state index is -0.765. The van der Waals surface area contributed by atoms with Gasteiger partial charge in [0.05, 0.1) is 0 Å². The SMILES string of the molecule is CCCCCCCCCC/C=C\CCCCCCCCCCCCCCCCCCCCCCCC(=O)OCC(COC(=O)CCCCCCCCCCCCCCCCC)OC(=O)CCCCCCCCCCCCCCCCCCC. The summed E-state index contributed by atoms with van der Waals surface area (Å²) in [5, 5.41) is 0. The molecule has 1 unspecified atom stereocenters. The van der Waals surface area contributed by atoms with Crippen LogP contribution < -0.4 is 0 Å². The van der Waals surface area contributed by atoms with Gasteiger partial charge in [-0.25, -0.2) is 0 Å². The Morgan fingerprint density at radius 2 is 0.398 bits per heavy atom. The van der Waals surface area contributed by atoms with E-state index < -0.39 is 6.10 Å². The largest absolute Gasteiger partial charge is 0.462 e. The molecule has 83 heavy (non-hydrogen) atoms. The molecule has 0 rings (SSSR count). The average Bonchev–Trinajstić information content (AvgIpc) is 3.49. The zero-order valence-electron chi connectivity index (χ0n) is 56.8. The van der Waals surface area contributed by atoms with Gasteiger partial charge in [-0.3, -0.25) is 14.4 Å². The topological polar surface area (TPSA) is 78.9 Å². The van der Waals surface area contributed by atoms with Crippen molar-refractivity contribution in [3.8, 4) is 0 Å². The van der Waals surface area contributed by atoms with Gasteiger partial charge in [0.2, 0.25) is 0 Å². The maximum absolute atomic E-state index is 13.0. The normalized spacial score (nSPS) is 12.0. The molecule has 0 aliphatic rings. The summed E-state index contributed by atoms with van der Waals surface area (Å²) in [4.78, 5) is 38.5. The predicted molar refractivity (Wildman–Crippen MR) is 363 cm³/mol. The number of unbranched alkanes of at least 4 members (excludes halogenated alkanes) is 59. The molecule has 0 spiro atoms. The number of carbonyl (C=O) groups is 3. The number of rotatable bonds is 72. The molecule has 6 heteroatoms. The van der Waals surface area contributed by atoms with Gasteiger partial charge in [0.25, 0.3) is 0 Å². The van der Waals surface area contributed by atoms with Crippen LogP contribution in [-0.4, -0.2) is 37.2 Å². The van der Waals surface area contributed by atoms with Crippen molar-refractivity contribution in [2.75, 3.05) is 13.2 Å². The van der Waals surface area contributed by atoms with Crippen molar-refractivity contribution < 1.29 is 28.6 Å². The maximum Gasteiger partial charge on any atom is 0.306 e. The number of allylic oxidation sites excluding steroid dienone is 2. The van der Waals surface area contributed by atoms with Gasteiger partial charge in [-0.05, 0) is 44.9 Å². The molecule has 0 aromatic heterocycles. The second-order valence-corrected chi connectivity index (χ2v) is 26.3. The molecule has 0 aliphatic carbocycles. The van der Waals surface area contributed by atoms with Crippen molar-refractivity contribution in [3.63, 3.8) is 0 Å². The van der Waals surface area contributed by atoms with Crippen LogP contribution in [0.4, 0.5) is 0 Å². The average molecular weight is 1170 g/mol. The van der Waals surface area contributed by atoms with E-state index >= 15 is 0 Å². The van der Waals surface area contributed by atoms with E-state index in [0.29, 0.717) is 19.3 Å². The summed E-state index contributed by atoms with van der Waals surface area (Å²) in [7, 11) is 0. The fourth-order valence-corrected chi connectivity index (χ4v) is 12.0. The number of esters is 3. The zero-order valence-corrected chi connectivity index (χ0v) is 56.8. The van der Waals surface area contributed by atoms with Gasteiger partial charge in [0.1, 0.15) is 13.2 Å². The van der Waals surface area contributed by atoms with E-state index in [1.165, 1.54) is 347 Å². The van der Waals surface area contributed by atoms with E-state index in [1.54, 1.807) is 0 Å². The molecule has 0 saturated heterocycles. The van der Waals surface area contributed by atoms with Gasteiger partial charge in [0.15, 0.2) is 6.10 Å². The van der Waals surface area contributed by atoms with Crippen molar-refractivity contribution in [3.05, 3.63) is 12.2 Å². The molecule has 492 valence electrons. The van der Waals surface area contributed by atoms with Crippen LogP contribution in [0.15, 0.2) is 12.2 Å². The zero-order chi connectivity index (χ0) is 59.9. The summed E-state index contributed by atoms with van der Waals surface area (Å²) in [5.74, 6) is -0.821. The third kappa shape index (κ3) is 70.8. The van der Waals surface area contributed by atoms with E-state index in [2.05, 4.69) is 32.9 Å². The highest BCUT2D eigenvalue weighted by atomic mass is 16.6. The van der Waals surface area contributed by atoms with E-state index in [0.717, 1.165) is 57.8 Å². The molecule has 0 amide bonds. The van der Waals surface area contributed by atoms with Crippen molar-refractivity contribution in [1.29, 1.82) is 0 Å². The molecular weight excluding hydrogens is 1020 g/mol. The summed E-state index contributed by atoms with van der Waals surface area (Å²) < 4.78 is 17.0. The smallest absolute Gasteiger partial charge is 0.306 e. The first-order valence-corrected chi connectivity index (χ1v) is 38.2. The Hall–Kier alpha value is -1.85. The van der Waals surface area contributed by atoms with Crippen molar-refractivity contribution >= 4 is 17.9 Å². The number of hydrogen-bond acceptors (Lipinski definition) is 6. The van der Waals surface area contributed by atoms with E-state index in [9.17, 15) is 14.4 Å². The summed E-state index contributed by atoms with van der Waals surface area (Å²) >= 11 is 0. The second kappa shape index (κ2) is 72.6.